The van der Waals surface area contributed by atoms with Gasteiger partial charge >= 0.3 is 0 Å². The first-order valence-corrected chi connectivity index (χ1v) is 3.64. The van der Waals surface area contributed by atoms with Crippen molar-refractivity contribution >= 4 is 0 Å². The zero-order valence-corrected chi connectivity index (χ0v) is 6.41. The van der Waals surface area contributed by atoms with Gasteiger partial charge in [-0.25, -0.2) is 4.98 Å². The second-order valence-electron chi connectivity index (χ2n) is 2.41. The molecule has 0 aliphatic carbocycles. The summed E-state index contributed by atoms with van der Waals surface area (Å²) >= 11 is 0. The van der Waals surface area contributed by atoms with Gasteiger partial charge in [0.25, 0.3) is 0 Å². The first-order chi connectivity index (χ1) is 5.90. The molecule has 0 aromatic carbocycles. The fourth-order valence-corrected chi connectivity index (χ4v) is 0.979. The molecule has 4 N–H and O–H groups in total. The summed E-state index contributed by atoms with van der Waals surface area (Å²) in [4.78, 5) is 7.09. The number of hydrogen-bond acceptors (Lipinski definition) is 3. The quantitative estimate of drug-likeness (QED) is 0.593. The summed E-state index contributed by atoms with van der Waals surface area (Å²) in [7, 11) is 0. The largest absolute Gasteiger partial charge is 0.367 e. The molecule has 2 aromatic rings. The van der Waals surface area contributed by atoms with Crippen LogP contribution in [0.25, 0.3) is 11.4 Å². The Labute approximate surface area is 69.0 Å². The van der Waals surface area contributed by atoms with Gasteiger partial charge in [-0.15, -0.1) is 0 Å². The predicted molar refractivity (Wildman–Crippen MR) is 44.1 cm³/mol. The smallest absolute Gasteiger partial charge is 0.182 e. The highest BCUT2D eigenvalue weighted by Crippen LogP contribution is 2.11. The lowest BCUT2D eigenvalue weighted by Gasteiger charge is -1.84. The fourth-order valence-electron chi connectivity index (χ4n) is 0.979. The van der Waals surface area contributed by atoms with Crippen LogP contribution in [0.5, 0.6) is 0 Å². The van der Waals surface area contributed by atoms with Crippen molar-refractivity contribution in [3.63, 3.8) is 0 Å². The molecule has 2 rings (SSSR count). The van der Waals surface area contributed by atoms with Crippen molar-refractivity contribution in [2.45, 2.75) is 6.54 Å². The zero-order valence-electron chi connectivity index (χ0n) is 6.41. The molecular weight excluding hydrogens is 154 g/mol. The Kier molecular flexibility index (Phi) is 1.64. The summed E-state index contributed by atoms with van der Waals surface area (Å²) < 4.78 is 0. The number of aromatic amines is 2. The molecule has 0 aliphatic rings. The van der Waals surface area contributed by atoms with E-state index in [0.717, 1.165) is 5.56 Å². The van der Waals surface area contributed by atoms with E-state index in [0.29, 0.717) is 18.2 Å². The predicted octanol–water partition coefficient (Wildman–Crippen LogP) is 0.258. The molecule has 0 spiro atoms. The van der Waals surface area contributed by atoms with Crippen LogP contribution in [-0.2, 0) is 6.54 Å². The maximum Gasteiger partial charge on any atom is 0.182 e. The van der Waals surface area contributed by atoms with Gasteiger partial charge in [0.2, 0.25) is 0 Å². The number of nitrogens with two attached hydrogens (primary N) is 1. The number of nitrogens with zero attached hydrogens (tertiary/aromatic N) is 2. The standard InChI is InChI=1S/C7H9N5/c8-3-6-10-7(12-11-6)5-1-2-9-4-5/h1-2,4,9H,3,8H2,(H,10,11,12). The van der Waals surface area contributed by atoms with Gasteiger partial charge in [-0.3, -0.25) is 5.10 Å². The van der Waals surface area contributed by atoms with E-state index in [-0.39, 0.29) is 0 Å². The lowest BCUT2D eigenvalue weighted by Crippen LogP contribution is -1.97. The number of hydrogen-bond donors (Lipinski definition) is 3. The molecule has 2 heterocycles. The third kappa shape index (κ3) is 1.10. The summed E-state index contributed by atoms with van der Waals surface area (Å²) in [5.41, 5.74) is 6.34. The SMILES string of the molecule is NCc1nc(-c2cc[nH]c2)n[nH]1. The third-order valence-electron chi connectivity index (χ3n) is 1.58. The Morgan fingerprint density at radius 1 is 1.50 bits per heavy atom. The van der Waals surface area contributed by atoms with Gasteiger partial charge in [0.1, 0.15) is 5.82 Å². The number of aromatic nitrogens is 4. The Balaban J connectivity index is 2.35. The van der Waals surface area contributed by atoms with E-state index in [2.05, 4.69) is 20.2 Å². The van der Waals surface area contributed by atoms with Gasteiger partial charge in [-0.2, -0.15) is 5.10 Å². The van der Waals surface area contributed by atoms with Crippen LogP contribution in [0.2, 0.25) is 0 Å². The third-order valence-corrected chi connectivity index (χ3v) is 1.58. The summed E-state index contributed by atoms with van der Waals surface area (Å²) in [6.45, 7) is 0.386. The minimum atomic E-state index is 0.386. The zero-order chi connectivity index (χ0) is 8.39. The van der Waals surface area contributed by atoms with Gasteiger partial charge in [-0.05, 0) is 6.07 Å². The summed E-state index contributed by atoms with van der Waals surface area (Å²) in [6, 6.07) is 1.91. The molecule has 0 saturated heterocycles. The number of nitrogens with one attached hydrogen (secondary N) is 2. The molecule has 0 amide bonds. The second kappa shape index (κ2) is 2.78. The lowest BCUT2D eigenvalue weighted by molar-refractivity contribution is 0.917. The van der Waals surface area contributed by atoms with Crippen LogP contribution in [0.4, 0.5) is 0 Å². The van der Waals surface area contributed by atoms with Gasteiger partial charge in [-0.1, -0.05) is 0 Å². The topological polar surface area (TPSA) is 83.4 Å². The van der Waals surface area contributed by atoms with Gasteiger partial charge in [0, 0.05) is 18.0 Å². The van der Waals surface area contributed by atoms with Crippen molar-refractivity contribution in [2.75, 3.05) is 0 Å². The van der Waals surface area contributed by atoms with Crippen molar-refractivity contribution in [1.82, 2.24) is 20.2 Å². The Morgan fingerprint density at radius 2 is 2.42 bits per heavy atom. The van der Waals surface area contributed by atoms with E-state index in [9.17, 15) is 0 Å². The van der Waals surface area contributed by atoms with Gasteiger partial charge in [0.05, 0.1) is 6.54 Å². The molecule has 0 unspecified atom stereocenters. The Bertz CT molecular complexity index is 348. The lowest BCUT2D eigenvalue weighted by atomic mass is 10.3. The van der Waals surface area contributed by atoms with Gasteiger partial charge < -0.3 is 10.7 Å². The molecule has 0 radical (unpaired) electrons. The molecule has 2 aromatic heterocycles. The van der Waals surface area contributed by atoms with Crippen molar-refractivity contribution in [3.8, 4) is 11.4 Å². The van der Waals surface area contributed by atoms with E-state index in [1.165, 1.54) is 0 Å². The minimum absolute atomic E-state index is 0.386. The van der Waals surface area contributed by atoms with E-state index in [4.69, 9.17) is 5.73 Å². The molecule has 0 saturated carbocycles. The van der Waals surface area contributed by atoms with Gasteiger partial charge in [0.15, 0.2) is 5.82 Å². The Morgan fingerprint density at radius 3 is 3.00 bits per heavy atom. The molecule has 12 heavy (non-hydrogen) atoms. The first kappa shape index (κ1) is 7.05. The monoisotopic (exact) mass is 163 g/mol. The molecular formula is C7H9N5. The maximum atomic E-state index is 5.37. The summed E-state index contributed by atoms with van der Waals surface area (Å²) in [5.74, 6) is 1.38. The molecule has 0 aliphatic heterocycles. The Hall–Kier alpha value is -1.62. The first-order valence-electron chi connectivity index (χ1n) is 3.64. The van der Waals surface area contributed by atoms with E-state index in [1.807, 2.05) is 18.5 Å². The molecule has 0 atom stereocenters. The summed E-state index contributed by atoms with van der Waals surface area (Å²) in [5, 5.41) is 6.74. The van der Waals surface area contributed by atoms with Crippen LogP contribution in [-0.4, -0.2) is 20.2 Å². The van der Waals surface area contributed by atoms with Crippen LogP contribution in [0.15, 0.2) is 18.5 Å². The molecule has 0 bridgehead atoms. The molecule has 5 nitrogen and oxygen atoms in total. The maximum absolute atomic E-state index is 5.37. The highest BCUT2D eigenvalue weighted by atomic mass is 15.2. The minimum Gasteiger partial charge on any atom is -0.367 e. The highest BCUT2D eigenvalue weighted by Gasteiger charge is 2.03. The second-order valence-corrected chi connectivity index (χ2v) is 2.41. The average Bonchev–Trinajstić information content (AvgIpc) is 2.75. The van der Waals surface area contributed by atoms with Crippen LogP contribution in [0.3, 0.4) is 0 Å². The number of H-pyrrole nitrogens is 2. The normalized spacial score (nSPS) is 10.4. The van der Waals surface area contributed by atoms with Crippen molar-refractivity contribution < 1.29 is 0 Å². The van der Waals surface area contributed by atoms with Crippen molar-refractivity contribution in [2.24, 2.45) is 5.73 Å². The molecule has 5 heteroatoms. The van der Waals surface area contributed by atoms with Crippen LogP contribution < -0.4 is 5.73 Å². The molecule has 0 fully saturated rings. The van der Waals surface area contributed by atoms with Crippen molar-refractivity contribution in [3.05, 3.63) is 24.3 Å². The highest BCUT2D eigenvalue weighted by molar-refractivity contribution is 5.52. The molecule has 62 valence electrons. The number of rotatable bonds is 2. The summed E-state index contributed by atoms with van der Waals surface area (Å²) in [6.07, 6.45) is 3.66. The van der Waals surface area contributed by atoms with E-state index in [1.54, 1.807) is 0 Å². The van der Waals surface area contributed by atoms with E-state index < -0.39 is 0 Å². The van der Waals surface area contributed by atoms with Crippen molar-refractivity contribution in [1.29, 1.82) is 0 Å². The van der Waals surface area contributed by atoms with Crippen LogP contribution in [0, 0.1) is 0 Å². The van der Waals surface area contributed by atoms with Crippen LogP contribution >= 0.6 is 0 Å². The fraction of sp³-hybridized carbons (Fsp3) is 0.143. The van der Waals surface area contributed by atoms with E-state index >= 15 is 0 Å². The average molecular weight is 163 g/mol. The van der Waals surface area contributed by atoms with Crippen LogP contribution in [0.1, 0.15) is 5.82 Å².